The molecule has 17 heavy (non-hydrogen) atoms. The third kappa shape index (κ3) is 4.28. The van der Waals surface area contributed by atoms with Gasteiger partial charge in [-0.1, -0.05) is 33.6 Å². The fraction of sp³-hybridized carbons (Fsp3) is 0.923. The summed E-state index contributed by atoms with van der Waals surface area (Å²) < 4.78 is 0. The molecule has 0 aromatic heterocycles. The molecule has 1 saturated carbocycles. The van der Waals surface area contributed by atoms with Crippen LogP contribution in [0.15, 0.2) is 0 Å². The minimum absolute atomic E-state index is 0.120. The topological polar surface area (TPSA) is 75.3 Å². The Bertz CT molecular complexity index is 268. The average molecular weight is 242 g/mol. The maximum Gasteiger partial charge on any atom is 0.237 e. The van der Waals surface area contributed by atoms with E-state index >= 15 is 0 Å². The number of nitrogens with one attached hydrogen (secondary N) is 1. The summed E-state index contributed by atoms with van der Waals surface area (Å²) in [4.78, 5) is 11.7. The molecule has 0 saturated heterocycles. The van der Waals surface area contributed by atoms with Gasteiger partial charge in [0.05, 0.1) is 11.6 Å². The molecule has 1 amide bonds. The van der Waals surface area contributed by atoms with Gasteiger partial charge in [-0.05, 0) is 24.7 Å². The van der Waals surface area contributed by atoms with Crippen molar-refractivity contribution >= 4 is 5.91 Å². The lowest BCUT2D eigenvalue weighted by Crippen LogP contribution is -2.51. The second-order valence-electron chi connectivity index (χ2n) is 5.91. The van der Waals surface area contributed by atoms with Crippen molar-refractivity contribution in [1.82, 2.24) is 5.32 Å². The van der Waals surface area contributed by atoms with Crippen molar-refractivity contribution in [2.24, 2.45) is 17.6 Å². The molecule has 0 spiro atoms. The van der Waals surface area contributed by atoms with Crippen LogP contribution in [0.3, 0.4) is 0 Å². The van der Waals surface area contributed by atoms with Crippen molar-refractivity contribution in [2.75, 3.05) is 6.54 Å². The highest BCUT2D eigenvalue weighted by Crippen LogP contribution is 2.31. The van der Waals surface area contributed by atoms with Gasteiger partial charge in [-0.15, -0.1) is 0 Å². The van der Waals surface area contributed by atoms with Crippen molar-refractivity contribution in [3.8, 4) is 0 Å². The molecule has 4 N–H and O–H groups in total. The Morgan fingerprint density at radius 3 is 2.76 bits per heavy atom. The molecule has 0 aliphatic heterocycles. The standard InChI is InChI=1S/C13H26N2O2/c1-9(2)11(14)12(16)15-8-13(17)6-4-5-10(3)7-13/h9-11,17H,4-8,14H2,1-3H3,(H,15,16)/t10?,11-,13?/m0/s1. The van der Waals surface area contributed by atoms with Crippen molar-refractivity contribution < 1.29 is 9.90 Å². The molecule has 0 bridgehead atoms. The van der Waals surface area contributed by atoms with Gasteiger partial charge in [0.2, 0.25) is 5.91 Å². The number of hydrogen-bond acceptors (Lipinski definition) is 3. The fourth-order valence-electron chi connectivity index (χ4n) is 2.47. The lowest BCUT2D eigenvalue weighted by molar-refractivity contribution is -0.125. The number of carbonyl (C=O) groups is 1. The van der Waals surface area contributed by atoms with Gasteiger partial charge in [-0.2, -0.15) is 0 Å². The normalized spacial score (nSPS) is 31.3. The Kier molecular flexibility index (Phi) is 4.95. The molecule has 0 radical (unpaired) electrons. The number of aliphatic hydroxyl groups is 1. The van der Waals surface area contributed by atoms with E-state index in [4.69, 9.17) is 5.73 Å². The van der Waals surface area contributed by atoms with E-state index in [0.717, 1.165) is 19.3 Å². The molecular weight excluding hydrogens is 216 g/mol. The SMILES string of the molecule is CC1CCCC(O)(CNC(=O)[C@@H](N)C(C)C)C1. The molecule has 2 unspecified atom stereocenters. The first-order valence-electron chi connectivity index (χ1n) is 6.60. The van der Waals surface area contributed by atoms with Crippen LogP contribution in [-0.4, -0.2) is 29.2 Å². The fourth-order valence-corrected chi connectivity index (χ4v) is 2.47. The van der Waals surface area contributed by atoms with Gasteiger partial charge in [-0.3, -0.25) is 4.79 Å². The van der Waals surface area contributed by atoms with Crippen LogP contribution in [0.1, 0.15) is 46.5 Å². The van der Waals surface area contributed by atoms with Gasteiger partial charge in [0, 0.05) is 6.54 Å². The van der Waals surface area contributed by atoms with E-state index in [2.05, 4.69) is 12.2 Å². The predicted octanol–water partition coefficient (Wildman–Crippen LogP) is 1.03. The van der Waals surface area contributed by atoms with E-state index in [1.54, 1.807) is 0 Å². The van der Waals surface area contributed by atoms with E-state index in [1.807, 2.05) is 13.8 Å². The highest BCUT2D eigenvalue weighted by molar-refractivity contribution is 5.81. The summed E-state index contributed by atoms with van der Waals surface area (Å²) in [6.07, 6.45) is 3.74. The maximum atomic E-state index is 11.7. The first kappa shape index (κ1) is 14.5. The van der Waals surface area contributed by atoms with Crippen LogP contribution in [0, 0.1) is 11.8 Å². The van der Waals surface area contributed by atoms with Crippen molar-refractivity contribution in [1.29, 1.82) is 0 Å². The highest BCUT2D eigenvalue weighted by atomic mass is 16.3. The maximum absolute atomic E-state index is 11.7. The van der Waals surface area contributed by atoms with Gasteiger partial charge in [0.15, 0.2) is 0 Å². The average Bonchev–Trinajstić information content (AvgIpc) is 2.24. The van der Waals surface area contributed by atoms with Crippen LogP contribution in [-0.2, 0) is 4.79 Å². The summed E-state index contributed by atoms with van der Waals surface area (Å²) in [5.74, 6) is 0.492. The number of carbonyl (C=O) groups excluding carboxylic acids is 1. The third-order valence-electron chi connectivity index (χ3n) is 3.68. The van der Waals surface area contributed by atoms with Gasteiger partial charge in [0.25, 0.3) is 0 Å². The van der Waals surface area contributed by atoms with Crippen LogP contribution < -0.4 is 11.1 Å². The quantitative estimate of drug-likeness (QED) is 0.689. The van der Waals surface area contributed by atoms with Crippen LogP contribution in [0.5, 0.6) is 0 Å². The minimum Gasteiger partial charge on any atom is -0.388 e. The van der Waals surface area contributed by atoms with Crippen LogP contribution in [0.25, 0.3) is 0 Å². The van der Waals surface area contributed by atoms with Crippen LogP contribution >= 0.6 is 0 Å². The molecule has 1 fully saturated rings. The molecule has 4 heteroatoms. The summed E-state index contributed by atoms with van der Waals surface area (Å²) in [7, 11) is 0. The van der Waals surface area contributed by atoms with E-state index in [0.29, 0.717) is 12.5 Å². The van der Waals surface area contributed by atoms with Crippen molar-refractivity contribution in [3.05, 3.63) is 0 Å². The zero-order chi connectivity index (χ0) is 13.1. The Morgan fingerprint density at radius 1 is 1.59 bits per heavy atom. The Morgan fingerprint density at radius 2 is 2.24 bits per heavy atom. The molecule has 3 atom stereocenters. The molecular formula is C13H26N2O2. The Balaban J connectivity index is 2.41. The van der Waals surface area contributed by atoms with E-state index in [1.165, 1.54) is 6.42 Å². The second kappa shape index (κ2) is 5.83. The van der Waals surface area contributed by atoms with Gasteiger partial charge in [0.1, 0.15) is 0 Å². The minimum atomic E-state index is -0.732. The summed E-state index contributed by atoms with van der Waals surface area (Å²) in [6, 6.07) is -0.486. The number of hydrogen-bond donors (Lipinski definition) is 3. The van der Waals surface area contributed by atoms with E-state index < -0.39 is 11.6 Å². The number of rotatable bonds is 4. The predicted molar refractivity (Wildman–Crippen MR) is 68.4 cm³/mol. The lowest BCUT2D eigenvalue weighted by Gasteiger charge is -2.36. The molecule has 0 heterocycles. The molecule has 1 aliphatic carbocycles. The number of amides is 1. The van der Waals surface area contributed by atoms with E-state index in [-0.39, 0.29) is 11.8 Å². The number of nitrogens with two attached hydrogens (primary N) is 1. The van der Waals surface area contributed by atoms with Crippen molar-refractivity contribution in [2.45, 2.75) is 58.1 Å². The van der Waals surface area contributed by atoms with Crippen LogP contribution in [0.4, 0.5) is 0 Å². The molecule has 0 aromatic carbocycles. The molecule has 1 aliphatic rings. The molecule has 4 nitrogen and oxygen atoms in total. The Labute approximate surface area is 104 Å². The summed E-state index contributed by atoms with van der Waals surface area (Å²) >= 11 is 0. The van der Waals surface area contributed by atoms with Crippen molar-refractivity contribution in [3.63, 3.8) is 0 Å². The third-order valence-corrected chi connectivity index (χ3v) is 3.68. The van der Waals surface area contributed by atoms with Gasteiger partial charge in [-0.25, -0.2) is 0 Å². The van der Waals surface area contributed by atoms with Gasteiger partial charge >= 0.3 is 0 Å². The summed E-state index contributed by atoms with van der Waals surface area (Å²) in [5, 5.41) is 13.1. The van der Waals surface area contributed by atoms with E-state index in [9.17, 15) is 9.90 Å². The van der Waals surface area contributed by atoms with Gasteiger partial charge < -0.3 is 16.2 Å². The first-order valence-corrected chi connectivity index (χ1v) is 6.60. The molecule has 100 valence electrons. The summed E-state index contributed by atoms with van der Waals surface area (Å²) in [6.45, 7) is 6.31. The zero-order valence-electron chi connectivity index (χ0n) is 11.2. The highest BCUT2D eigenvalue weighted by Gasteiger charge is 2.33. The largest absolute Gasteiger partial charge is 0.388 e. The smallest absolute Gasteiger partial charge is 0.237 e. The molecule has 0 aromatic rings. The summed E-state index contributed by atoms with van der Waals surface area (Å²) in [5.41, 5.74) is 5.02. The first-order chi connectivity index (χ1) is 7.84. The Hall–Kier alpha value is -0.610. The second-order valence-corrected chi connectivity index (χ2v) is 5.91. The van der Waals surface area contributed by atoms with Crippen LogP contribution in [0.2, 0.25) is 0 Å². The molecule has 1 rings (SSSR count). The zero-order valence-corrected chi connectivity index (χ0v) is 11.2. The lowest BCUT2D eigenvalue weighted by atomic mass is 9.79. The monoisotopic (exact) mass is 242 g/mol.